The van der Waals surface area contributed by atoms with Gasteiger partial charge in [-0.05, 0) is 67.8 Å². The van der Waals surface area contributed by atoms with E-state index in [1.165, 1.54) is 23.2 Å². The van der Waals surface area contributed by atoms with Crippen molar-refractivity contribution in [3.8, 4) is 22.4 Å². The van der Waals surface area contributed by atoms with Crippen molar-refractivity contribution in [3.05, 3.63) is 65.5 Å². The minimum atomic E-state index is 0.0945. The summed E-state index contributed by atoms with van der Waals surface area (Å²) >= 11 is 2.29. The third-order valence-electron chi connectivity index (χ3n) is 9.53. The predicted molar refractivity (Wildman–Crippen MR) is 176 cm³/mol. The molecule has 42 heavy (non-hydrogen) atoms. The molecule has 4 aliphatic heterocycles. The molecule has 4 aliphatic rings. The SMILES string of the molecule is Cc1cc(-c2cnc3c(n2)c(-c2ccc(C(=O)N4CC5(COC5)C4)cc2)cn3SI)cc2c1N1CCN(C)CC1CC2. The number of anilines is 1. The molecule has 8 rings (SSSR count). The fourth-order valence-electron chi connectivity index (χ4n) is 7.30. The van der Waals surface area contributed by atoms with Crippen LogP contribution in [0.15, 0.2) is 48.8 Å². The molecule has 8 nitrogen and oxygen atoms in total. The number of halogens is 1. The highest BCUT2D eigenvalue weighted by molar-refractivity contribution is 14.2. The molecule has 4 aromatic rings. The standard InChI is InChI=1S/C32H33IN6O2S/c1-20-11-24(12-23-7-8-25-14-36(2)9-10-38(25)29(20)23)27-13-34-30-28(35-27)26(15-39(30)42-33)21-3-5-22(6-4-21)31(40)37-16-32(17-37)18-41-19-32/h3-6,11-13,15,25H,7-10,14,16-19H2,1-2H3. The zero-order chi connectivity index (χ0) is 28.6. The van der Waals surface area contributed by atoms with Gasteiger partial charge in [0.25, 0.3) is 5.91 Å². The smallest absolute Gasteiger partial charge is 0.253 e. The van der Waals surface area contributed by atoms with E-state index in [9.17, 15) is 4.79 Å². The van der Waals surface area contributed by atoms with E-state index in [0.717, 1.165) is 91.5 Å². The number of carbonyl (C=O) groups excluding carboxylic acids is 1. The van der Waals surface area contributed by atoms with Gasteiger partial charge in [-0.3, -0.25) is 8.77 Å². The number of aryl methyl sites for hydroxylation is 2. The first-order valence-corrected chi connectivity index (χ1v) is 18.0. The first-order chi connectivity index (χ1) is 20.4. The molecule has 1 amide bonds. The molecule has 2 aromatic heterocycles. The number of amides is 1. The van der Waals surface area contributed by atoms with Gasteiger partial charge in [0.15, 0.2) is 5.65 Å². The summed E-state index contributed by atoms with van der Waals surface area (Å²) in [5, 5.41) is 0. The van der Waals surface area contributed by atoms with Crippen molar-refractivity contribution >= 4 is 53.1 Å². The number of hydrogen-bond acceptors (Lipinski definition) is 7. The number of piperazine rings is 1. The Morgan fingerprint density at radius 2 is 1.93 bits per heavy atom. The van der Waals surface area contributed by atoms with Gasteiger partial charge < -0.3 is 19.4 Å². The van der Waals surface area contributed by atoms with E-state index in [4.69, 9.17) is 14.7 Å². The number of rotatable bonds is 4. The summed E-state index contributed by atoms with van der Waals surface area (Å²) < 4.78 is 7.42. The maximum atomic E-state index is 13.0. The molecule has 3 saturated heterocycles. The predicted octanol–water partition coefficient (Wildman–Crippen LogP) is 5.46. The van der Waals surface area contributed by atoms with Crippen molar-refractivity contribution in [1.82, 2.24) is 23.7 Å². The van der Waals surface area contributed by atoms with E-state index in [2.05, 4.69) is 67.3 Å². The van der Waals surface area contributed by atoms with Crippen LogP contribution in [0.3, 0.4) is 0 Å². The van der Waals surface area contributed by atoms with Crippen LogP contribution in [0.25, 0.3) is 33.5 Å². The van der Waals surface area contributed by atoms with Crippen molar-refractivity contribution in [2.24, 2.45) is 5.41 Å². The number of ether oxygens (including phenoxy) is 1. The highest BCUT2D eigenvalue weighted by atomic mass is 127. The molecule has 1 spiro atoms. The van der Waals surface area contributed by atoms with Crippen LogP contribution >= 0.6 is 30.3 Å². The van der Waals surface area contributed by atoms with Gasteiger partial charge in [0.2, 0.25) is 0 Å². The summed E-state index contributed by atoms with van der Waals surface area (Å²) in [6.45, 7) is 8.72. The molecule has 0 bridgehead atoms. The number of aromatic nitrogens is 3. The molecule has 1 atom stereocenters. The number of carbonyl (C=O) groups is 1. The lowest BCUT2D eigenvalue weighted by Gasteiger charge is -2.54. The second-order valence-corrected chi connectivity index (χ2v) is 14.3. The number of hydrogen-bond donors (Lipinski definition) is 0. The Bertz CT molecular complexity index is 1710. The Balaban J connectivity index is 1.11. The quantitative estimate of drug-likeness (QED) is 0.264. The topological polar surface area (TPSA) is 66.7 Å². The van der Waals surface area contributed by atoms with E-state index in [1.54, 1.807) is 9.12 Å². The van der Waals surface area contributed by atoms with Gasteiger partial charge in [0.1, 0.15) is 5.52 Å². The molecular weight excluding hydrogens is 659 g/mol. The van der Waals surface area contributed by atoms with E-state index in [-0.39, 0.29) is 11.3 Å². The van der Waals surface area contributed by atoms with Gasteiger partial charge >= 0.3 is 0 Å². The molecule has 0 aliphatic carbocycles. The number of likely N-dealkylation sites (tertiary alicyclic amines) is 1. The molecule has 0 radical (unpaired) electrons. The lowest BCUT2D eigenvalue weighted by atomic mass is 9.78. The molecule has 3 fully saturated rings. The minimum absolute atomic E-state index is 0.0945. The maximum absolute atomic E-state index is 13.0. The van der Waals surface area contributed by atoms with Crippen LogP contribution in [-0.4, -0.2) is 88.7 Å². The highest BCUT2D eigenvalue weighted by Gasteiger charge is 2.50. The highest BCUT2D eigenvalue weighted by Crippen LogP contribution is 2.40. The van der Waals surface area contributed by atoms with Crippen LogP contribution in [0.5, 0.6) is 0 Å². The minimum Gasteiger partial charge on any atom is -0.380 e. The lowest BCUT2D eigenvalue weighted by Crippen LogP contribution is -2.67. The Labute approximate surface area is 262 Å². The number of fused-ring (bicyclic) bond motifs is 4. The van der Waals surface area contributed by atoms with E-state index in [1.807, 2.05) is 35.4 Å². The molecule has 0 N–H and O–H groups in total. The zero-order valence-corrected chi connectivity index (χ0v) is 26.8. The molecular formula is C32H33IN6O2S. The Hall–Kier alpha value is -2.67. The summed E-state index contributed by atoms with van der Waals surface area (Å²) in [6.07, 6.45) is 6.30. The van der Waals surface area contributed by atoms with Crippen molar-refractivity contribution in [2.45, 2.75) is 25.8 Å². The third-order valence-corrected chi connectivity index (χ3v) is 11.2. The van der Waals surface area contributed by atoms with Gasteiger partial charge in [-0.1, -0.05) is 12.1 Å². The average Bonchev–Trinajstić information content (AvgIpc) is 3.33. The molecule has 216 valence electrons. The Morgan fingerprint density at radius 1 is 1.12 bits per heavy atom. The monoisotopic (exact) mass is 692 g/mol. The Kier molecular flexibility index (Phi) is 6.54. The molecule has 6 heterocycles. The van der Waals surface area contributed by atoms with Crippen molar-refractivity contribution < 1.29 is 9.53 Å². The van der Waals surface area contributed by atoms with E-state index >= 15 is 0 Å². The fourth-order valence-corrected chi connectivity index (χ4v) is 8.54. The van der Waals surface area contributed by atoms with Crippen LogP contribution < -0.4 is 4.90 Å². The normalized spacial score (nSPS) is 21.2. The number of benzene rings is 2. The molecule has 10 heteroatoms. The zero-order valence-electron chi connectivity index (χ0n) is 23.8. The lowest BCUT2D eigenvalue weighted by molar-refractivity contribution is -0.176. The fraction of sp³-hybridized carbons (Fsp3) is 0.406. The second-order valence-electron chi connectivity index (χ2n) is 12.5. The van der Waals surface area contributed by atoms with Crippen molar-refractivity contribution in [3.63, 3.8) is 0 Å². The van der Waals surface area contributed by atoms with Gasteiger partial charge in [0, 0.05) is 97.7 Å². The first kappa shape index (κ1) is 26.9. The van der Waals surface area contributed by atoms with Crippen LogP contribution in [0.2, 0.25) is 0 Å². The summed E-state index contributed by atoms with van der Waals surface area (Å²) in [5.74, 6) is 0.0945. The summed E-state index contributed by atoms with van der Waals surface area (Å²) in [7, 11) is 3.81. The first-order valence-electron chi connectivity index (χ1n) is 14.7. The number of likely N-dealkylation sites (N-methyl/N-ethyl adjacent to an activating group) is 1. The molecule has 1 unspecified atom stereocenters. The van der Waals surface area contributed by atoms with Gasteiger partial charge in [0.05, 0.1) is 30.5 Å². The largest absolute Gasteiger partial charge is 0.380 e. The van der Waals surface area contributed by atoms with Crippen molar-refractivity contribution in [2.75, 3.05) is 57.9 Å². The van der Waals surface area contributed by atoms with Gasteiger partial charge in [-0.15, -0.1) is 0 Å². The maximum Gasteiger partial charge on any atom is 0.253 e. The summed E-state index contributed by atoms with van der Waals surface area (Å²) in [4.78, 5) is 30.2. The van der Waals surface area contributed by atoms with E-state index in [0.29, 0.717) is 6.04 Å². The third kappa shape index (κ3) is 4.36. The second kappa shape index (κ2) is 10.2. The van der Waals surface area contributed by atoms with Crippen LogP contribution in [0.1, 0.15) is 27.9 Å². The van der Waals surface area contributed by atoms with Crippen LogP contribution in [-0.2, 0) is 11.2 Å². The van der Waals surface area contributed by atoms with E-state index < -0.39 is 0 Å². The van der Waals surface area contributed by atoms with Crippen LogP contribution in [0, 0.1) is 12.3 Å². The van der Waals surface area contributed by atoms with Crippen LogP contribution in [0.4, 0.5) is 5.69 Å². The average molecular weight is 693 g/mol. The van der Waals surface area contributed by atoms with Crippen molar-refractivity contribution in [1.29, 1.82) is 0 Å². The summed E-state index contributed by atoms with van der Waals surface area (Å²) in [5.41, 5.74) is 10.9. The molecule has 2 aromatic carbocycles. The van der Waals surface area contributed by atoms with Gasteiger partial charge in [-0.25, -0.2) is 9.97 Å². The van der Waals surface area contributed by atoms with Gasteiger partial charge in [-0.2, -0.15) is 0 Å². The number of nitrogens with zero attached hydrogens (tertiary/aromatic N) is 6. The Morgan fingerprint density at radius 3 is 2.67 bits per heavy atom. The molecule has 0 saturated carbocycles. The summed E-state index contributed by atoms with van der Waals surface area (Å²) in [6, 6.07) is 13.2.